The highest BCUT2D eigenvalue weighted by molar-refractivity contribution is 5.94. The summed E-state index contributed by atoms with van der Waals surface area (Å²) in [5, 5.41) is 6.66. The van der Waals surface area contributed by atoms with E-state index < -0.39 is 0 Å². The van der Waals surface area contributed by atoms with Crippen LogP contribution >= 0.6 is 12.4 Å². The zero-order valence-electron chi connectivity index (χ0n) is 16.4. The molecule has 2 amide bonds. The van der Waals surface area contributed by atoms with Crippen LogP contribution in [0.15, 0.2) is 30.3 Å². The molecule has 4 unspecified atom stereocenters. The lowest BCUT2D eigenvalue weighted by atomic mass is 9.85. The lowest BCUT2D eigenvalue weighted by Crippen LogP contribution is -2.50. The van der Waals surface area contributed by atoms with Gasteiger partial charge in [-0.2, -0.15) is 0 Å². The fourth-order valence-electron chi connectivity index (χ4n) is 5.09. The number of rotatable bonds is 4. The molecule has 0 aromatic heterocycles. The number of piperidine rings is 1. The molecule has 2 saturated heterocycles. The van der Waals surface area contributed by atoms with Crippen molar-refractivity contribution in [1.29, 1.82) is 0 Å². The molecule has 28 heavy (non-hydrogen) atoms. The van der Waals surface area contributed by atoms with E-state index in [-0.39, 0.29) is 30.3 Å². The molecule has 0 radical (unpaired) electrons. The third kappa shape index (κ3) is 4.87. The van der Waals surface area contributed by atoms with E-state index in [1.54, 1.807) is 0 Å². The molecule has 4 atom stereocenters. The van der Waals surface area contributed by atoms with E-state index in [1.165, 1.54) is 25.7 Å². The zero-order valence-corrected chi connectivity index (χ0v) is 17.3. The normalized spacial score (nSPS) is 29.5. The van der Waals surface area contributed by atoms with Crippen LogP contribution in [0.4, 0.5) is 0 Å². The van der Waals surface area contributed by atoms with Gasteiger partial charge in [-0.3, -0.25) is 9.59 Å². The van der Waals surface area contributed by atoms with Crippen molar-refractivity contribution < 1.29 is 9.59 Å². The zero-order chi connectivity index (χ0) is 18.6. The van der Waals surface area contributed by atoms with Crippen LogP contribution in [-0.2, 0) is 4.79 Å². The minimum absolute atomic E-state index is 0. The second-order valence-corrected chi connectivity index (χ2v) is 8.47. The molecule has 6 heteroatoms. The van der Waals surface area contributed by atoms with E-state index in [0.717, 1.165) is 32.4 Å². The van der Waals surface area contributed by atoms with Crippen LogP contribution in [0.3, 0.4) is 0 Å². The molecule has 1 aromatic rings. The highest BCUT2D eigenvalue weighted by Crippen LogP contribution is 2.34. The molecule has 1 aromatic carbocycles. The average molecular weight is 406 g/mol. The van der Waals surface area contributed by atoms with Crippen LogP contribution in [0, 0.1) is 11.8 Å². The van der Waals surface area contributed by atoms with Crippen molar-refractivity contribution in [1.82, 2.24) is 15.5 Å². The maximum Gasteiger partial charge on any atom is 0.251 e. The first kappa shape index (κ1) is 21.1. The van der Waals surface area contributed by atoms with Gasteiger partial charge in [0.25, 0.3) is 5.91 Å². The Morgan fingerprint density at radius 3 is 2.64 bits per heavy atom. The summed E-state index contributed by atoms with van der Waals surface area (Å²) in [6.07, 6.45) is 8.21. The van der Waals surface area contributed by atoms with Gasteiger partial charge in [-0.15, -0.1) is 12.4 Å². The number of hydrogen-bond acceptors (Lipinski definition) is 3. The van der Waals surface area contributed by atoms with Crippen LogP contribution in [0.2, 0.25) is 0 Å². The van der Waals surface area contributed by atoms with E-state index in [9.17, 15) is 9.59 Å². The van der Waals surface area contributed by atoms with Crippen LogP contribution in [0.1, 0.15) is 55.3 Å². The molecular formula is C22H32ClN3O2. The number of fused-ring (bicyclic) bond motifs is 1. The first-order chi connectivity index (χ1) is 13.2. The number of nitrogens with zero attached hydrogens (tertiary/aromatic N) is 1. The van der Waals surface area contributed by atoms with E-state index in [1.807, 2.05) is 35.2 Å². The lowest BCUT2D eigenvalue weighted by molar-refractivity contribution is -0.135. The molecule has 1 aliphatic carbocycles. The smallest absolute Gasteiger partial charge is 0.251 e. The van der Waals surface area contributed by atoms with Gasteiger partial charge in [-0.05, 0) is 56.1 Å². The molecule has 0 bridgehead atoms. The van der Waals surface area contributed by atoms with Crippen LogP contribution in [0.5, 0.6) is 0 Å². The highest BCUT2D eigenvalue weighted by atomic mass is 35.5. The molecule has 1 saturated carbocycles. The van der Waals surface area contributed by atoms with E-state index in [4.69, 9.17) is 0 Å². The first-order valence-electron chi connectivity index (χ1n) is 10.6. The van der Waals surface area contributed by atoms with Crippen LogP contribution in [0.25, 0.3) is 0 Å². The molecule has 2 N–H and O–H groups in total. The van der Waals surface area contributed by atoms with Gasteiger partial charge in [0.05, 0.1) is 6.04 Å². The number of carbonyl (C=O) groups excluding carboxylic acids is 2. The van der Waals surface area contributed by atoms with Crippen molar-refractivity contribution in [2.75, 3.05) is 19.6 Å². The molecule has 4 rings (SSSR count). The average Bonchev–Trinajstić information content (AvgIpc) is 3.16. The van der Waals surface area contributed by atoms with Crippen molar-refractivity contribution in [2.45, 2.75) is 57.0 Å². The van der Waals surface area contributed by atoms with Crippen molar-refractivity contribution in [2.24, 2.45) is 11.8 Å². The van der Waals surface area contributed by atoms with E-state index in [0.29, 0.717) is 30.0 Å². The molecule has 2 aliphatic heterocycles. The SMILES string of the molecule is Cl.O=C(NCC1CCCN(C(=O)C2CC3CCCCC3N2)C1)c1ccccc1. The minimum Gasteiger partial charge on any atom is -0.352 e. The van der Waals surface area contributed by atoms with Crippen molar-refractivity contribution >= 4 is 24.2 Å². The predicted octanol–water partition coefficient (Wildman–Crippen LogP) is 3.00. The van der Waals surface area contributed by atoms with Gasteiger partial charge in [0.15, 0.2) is 0 Å². The predicted molar refractivity (Wildman–Crippen MR) is 113 cm³/mol. The Balaban J connectivity index is 0.00000225. The maximum atomic E-state index is 13.0. The van der Waals surface area contributed by atoms with E-state index >= 15 is 0 Å². The summed E-state index contributed by atoms with van der Waals surface area (Å²) < 4.78 is 0. The maximum absolute atomic E-state index is 13.0. The topological polar surface area (TPSA) is 61.4 Å². The fourth-order valence-corrected chi connectivity index (χ4v) is 5.09. The van der Waals surface area contributed by atoms with Gasteiger partial charge in [0.2, 0.25) is 5.91 Å². The number of hydrogen-bond donors (Lipinski definition) is 2. The molecular weight excluding hydrogens is 374 g/mol. The van der Waals surface area contributed by atoms with Gasteiger partial charge in [-0.1, -0.05) is 31.0 Å². The number of halogens is 1. The standard InChI is InChI=1S/C22H31N3O2.ClH/c26-21(17-8-2-1-3-9-17)23-14-16-7-6-12-25(15-16)22(27)20-13-18-10-4-5-11-19(18)24-20;/h1-3,8-9,16,18-20,24H,4-7,10-15H2,(H,23,26);1H. The highest BCUT2D eigenvalue weighted by Gasteiger charge is 2.40. The van der Waals surface area contributed by atoms with Gasteiger partial charge < -0.3 is 15.5 Å². The second kappa shape index (κ2) is 9.75. The Bertz CT molecular complexity index is 655. The summed E-state index contributed by atoms with van der Waals surface area (Å²) in [5.41, 5.74) is 0.694. The summed E-state index contributed by atoms with van der Waals surface area (Å²) in [5.74, 6) is 1.29. The molecule has 0 spiro atoms. The van der Waals surface area contributed by atoms with Crippen molar-refractivity contribution in [3.63, 3.8) is 0 Å². The Labute approximate surface area is 174 Å². The molecule has 5 nitrogen and oxygen atoms in total. The first-order valence-corrected chi connectivity index (χ1v) is 10.6. The molecule has 154 valence electrons. The third-order valence-electron chi connectivity index (χ3n) is 6.58. The summed E-state index contributed by atoms with van der Waals surface area (Å²) in [4.78, 5) is 27.3. The summed E-state index contributed by atoms with van der Waals surface area (Å²) in [6, 6.07) is 9.89. The second-order valence-electron chi connectivity index (χ2n) is 8.47. The largest absolute Gasteiger partial charge is 0.352 e. The quantitative estimate of drug-likeness (QED) is 0.809. The minimum atomic E-state index is -0.0272. The number of benzene rings is 1. The van der Waals surface area contributed by atoms with Crippen LogP contribution < -0.4 is 10.6 Å². The Kier molecular flexibility index (Phi) is 7.36. The number of likely N-dealkylation sites (tertiary alicyclic amines) is 1. The van der Waals surface area contributed by atoms with E-state index in [2.05, 4.69) is 10.6 Å². The molecule has 2 heterocycles. The van der Waals surface area contributed by atoms with Gasteiger partial charge in [0.1, 0.15) is 0 Å². The number of nitrogens with one attached hydrogen (secondary N) is 2. The number of amides is 2. The Morgan fingerprint density at radius 2 is 1.86 bits per heavy atom. The molecule has 3 fully saturated rings. The Hall–Kier alpha value is -1.59. The van der Waals surface area contributed by atoms with Crippen molar-refractivity contribution in [3.8, 4) is 0 Å². The Morgan fingerprint density at radius 1 is 1.07 bits per heavy atom. The fraction of sp³-hybridized carbons (Fsp3) is 0.636. The monoisotopic (exact) mass is 405 g/mol. The lowest BCUT2D eigenvalue weighted by Gasteiger charge is -2.34. The third-order valence-corrected chi connectivity index (χ3v) is 6.58. The van der Waals surface area contributed by atoms with Gasteiger partial charge in [-0.25, -0.2) is 0 Å². The summed E-state index contributed by atoms with van der Waals surface area (Å²) in [7, 11) is 0. The molecule has 3 aliphatic rings. The summed E-state index contributed by atoms with van der Waals surface area (Å²) >= 11 is 0. The van der Waals surface area contributed by atoms with Crippen LogP contribution in [-0.4, -0.2) is 48.4 Å². The summed E-state index contributed by atoms with van der Waals surface area (Å²) in [6.45, 7) is 2.26. The number of carbonyl (C=O) groups is 2. The van der Waals surface area contributed by atoms with Gasteiger partial charge in [0, 0.05) is 31.2 Å². The van der Waals surface area contributed by atoms with Gasteiger partial charge >= 0.3 is 0 Å². The van der Waals surface area contributed by atoms with Crippen molar-refractivity contribution in [3.05, 3.63) is 35.9 Å².